The van der Waals surface area contributed by atoms with Crippen LogP contribution in [0.2, 0.25) is 0 Å². The standard InChI is InChI=1S/C16H28N2O/c1-5-14(6-2)18-11-8-13(17-18)12-16(19)10-7-9-15(16,3)4/h8,11,14,19H,5-7,9-10,12H2,1-4H3. The van der Waals surface area contributed by atoms with Crippen LogP contribution in [0.4, 0.5) is 0 Å². The van der Waals surface area contributed by atoms with Crippen LogP contribution >= 0.6 is 0 Å². The van der Waals surface area contributed by atoms with Gasteiger partial charge in [-0.3, -0.25) is 4.68 Å². The molecule has 108 valence electrons. The molecule has 3 heteroatoms. The molecule has 1 atom stereocenters. The molecule has 2 rings (SSSR count). The van der Waals surface area contributed by atoms with Crippen molar-refractivity contribution in [2.45, 2.75) is 77.9 Å². The van der Waals surface area contributed by atoms with Crippen molar-refractivity contribution in [3.8, 4) is 0 Å². The third-order valence-electron chi connectivity index (χ3n) is 5.11. The van der Waals surface area contributed by atoms with E-state index in [1.54, 1.807) is 0 Å². The summed E-state index contributed by atoms with van der Waals surface area (Å²) in [6.45, 7) is 8.75. The van der Waals surface area contributed by atoms with Crippen LogP contribution in [-0.4, -0.2) is 20.5 Å². The van der Waals surface area contributed by atoms with Crippen LogP contribution in [0.25, 0.3) is 0 Å². The van der Waals surface area contributed by atoms with Gasteiger partial charge in [-0.25, -0.2) is 0 Å². The highest BCUT2D eigenvalue weighted by Crippen LogP contribution is 2.47. The Hall–Kier alpha value is -0.830. The zero-order valence-electron chi connectivity index (χ0n) is 12.8. The van der Waals surface area contributed by atoms with Gasteiger partial charge in [0.25, 0.3) is 0 Å². The summed E-state index contributed by atoms with van der Waals surface area (Å²) in [4.78, 5) is 0. The van der Waals surface area contributed by atoms with Crippen molar-refractivity contribution < 1.29 is 5.11 Å². The van der Waals surface area contributed by atoms with Crippen LogP contribution in [0.3, 0.4) is 0 Å². The Morgan fingerprint density at radius 3 is 2.53 bits per heavy atom. The third-order valence-corrected chi connectivity index (χ3v) is 5.11. The van der Waals surface area contributed by atoms with E-state index in [9.17, 15) is 5.11 Å². The van der Waals surface area contributed by atoms with Gasteiger partial charge < -0.3 is 5.11 Å². The van der Waals surface area contributed by atoms with Gasteiger partial charge in [0.05, 0.1) is 17.3 Å². The summed E-state index contributed by atoms with van der Waals surface area (Å²) in [6.07, 6.45) is 8.09. The van der Waals surface area contributed by atoms with E-state index >= 15 is 0 Å². The van der Waals surface area contributed by atoms with Crippen molar-refractivity contribution in [1.29, 1.82) is 0 Å². The van der Waals surface area contributed by atoms with E-state index in [0.29, 0.717) is 12.5 Å². The molecule has 0 amide bonds. The van der Waals surface area contributed by atoms with Crippen molar-refractivity contribution in [2.24, 2.45) is 5.41 Å². The van der Waals surface area contributed by atoms with Gasteiger partial charge in [0.1, 0.15) is 0 Å². The van der Waals surface area contributed by atoms with Crippen molar-refractivity contribution in [3.63, 3.8) is 0 Å². The van der Waals surface area contributed by atoms with Crippen molar-refractivity contribution >= 4 is 0 Å². The zero-order valence-corrected chi connectivity index (χ0v) is 12.8. The largest absolute Gasteiger partial charge is 0.389 e. The van der Waals surface area contributed by atoms with Gasteiger partial charge in [-0.05, 0) is 43.6 Å². The van der Waals surface area contributed by atoms with Crippen molar-refractivity contribution in [3.05, 3.63) is 18.0 Å². The van der Waals surface area contributed by atoms with Crippen LogP contribution in [0.1, 0.15) is 71.5 Å². The first-order valence-corrected chi connectivity index (χ1v) is 7.68. The summed E-state index contributed by atoms with van der Waals surface area (Å²) < 4.78 is 2.07. The molecular formula is C16H28N2O. The zero-order chi connectivity index (χ0) is 14.1. The Balaban J connectivity index is 2.12. The lowest BCUT2D eigenvalue weighted by Crippen LogP contribution is -2.42. The molecule has 1 fully saturated rings. The number of hydrogen-bond acceptors (Lipinski definition) is 2. The van der Waals surface area contributed by atoms with Gasteiger partial charge in [0.15, 0.2) is 0 Å². The first-order valence-electron chi connectivity index (χ1n) is 7.68. The molecule has 0 radical (unpaired) electrons. The molecule has 1 unspecified atom stereocenters. The summed E-state index contributed by atoms with van der Waals surface area (Å²) in [7, 11) is 0. The van der Waals surface area contributed by atoms with Crippen LogP contribution in [0.15, 0.2) is 12.3 Å². The molecule has 0 saturated heterocycles. The van der Waals surface area contributed by atoms with E-state index < -0.39 is 5.60 Å². The van der Waals surface area contributed by atoms with Crippen LogP contribution in [-0.2, 0) is 6.42 Å². The number of hydrogen-bond donors (Lipinski definition) is 1. The fraction of sp³-hybridized carbons (Fsp3) is 0.812. The van der Waals surface area contributed by atoms with Gasteiger partial charge in [0, 0.05) is 12.6 Å². The molecule has 0 aromatic carbocycles. The second-order valence-corrected chi connectivity index (χ2v) is 6.70. The van der Waals surface area contributed by atoms with E-state index in [0.717, 1.165) is 37.8 Å². The lowest BCUT2D eigenvalue weighted by atomic mass is 9.75. The van der Waals surface area contributed by atoms with E-state index in [1.807, 2.05) is 0 Å². The van der Waals surface area contributed by atoms with E-state index in [2.05, 4.69) is 49.7 Å². The lowest BCUT2D eigenvalue weighted by Gasteiger charge is -2.36. The molecular weight excluding hydrogens is 236 g/mol. The quantitative estimate of drug-likeness (QED) is 0.880. The number of nitrogens with zero attached hydrogens (tertiary/aromatic N) is 2. The lowest BCUT2D eigenvalue weighted by molar-refractivity contribution is -0.0427. The maximum atomic E-state index is 10.9. The normalized spacial score (nSPS) is 26.2. The monoisotopic (exact) mass is 264 g/mol. The topological polar surface area (TPSA) is 38.0 Å². The first kappa shape index (κ1) is 14.6. The first-order chi connectivity index (χ1) is 8.92. The molecule has 1 aliphatic rings. The Morgan fingerprint density at radius 2 is 2.00 bits per heavy atom. The minimum Gasteiger partial charge on any atom is -0.389 e. The minimum atomic E-state index is -0.583. The van der Waals surface area contributed by atoms with Crippen molar-refractivity contribution in [2.75, 3.05) is 0 Å². The smallest absolute Gasteiger partial charge is 0.0754 e. The van der Waals surface area contributed by atoms with Crippen LogP contribution in [0.5, 0.6) is 0 Å². The molecule has 1 saturated carbocycles. The summed E-state index contributed by atoms with van der Waals surface area (Å²) in [6, 6.07) is 2.56. The molecule has 0 aliphatic heterocycles. The van der Waals surface area contributed by atoms with Gasteiger partial charge >= 0.3 is 0 Å². The molecule has 1 heterocycles. The number of aromatic nitrogens is 2. The molecule has 1 N–H and O–H groups in total. The van der Waals surface area contributed by atoms with Gasteiger partial charge in [-0.15, -0.1) is 0 Å². The highest BCUT2D eigenvalue weighted by molar-refractivity contribution is 5.10. The van der Waals surface area contributed by atoms with Gasteiger partial charge in [-0.2, -0.15) is 5.10 Å². The molecule has 19 heavy (non-hydrogen) atoms. The summed E-state index contributed by atoms with van der Waals surface area (Å²) >= 11 is 0. The van der Waals surface area contributed by atoms with Gasteiger partial charge in [0.2, 0.25) is 0 Å². The average Bonchev–Trinajstić information content (AvgIpc) is 2.88. The van der Waals surface area contributed by atoms with Crippen molar-refractivity contribution in [1.82, 2.24) is 9.78 Å². The molecule has 1 aromatic rings. The van der Waals surface area contributed by atoms with E-state index in [1.165, 1.54) is 0 Å². The van der Waals surface area contributed by atoms with E-state index in [-0.39, 0.29) is 5.41 Å². The number of aliphatic hydroxyl groups is 1. The highest BCUT2D eigenvalue weighted by Gasteiger charge is 2.47. The maximum Gasteiger partial charge on any atom is 0.0754 e. The Bertz CT molecular complexity index is 420. The fourth-order valence-corrected chi connectivity index (χ4v) is 3.36. The van der Waals surface area contributed by atoms with E-state index in [4.69, 9.17) is 0 Å². The summed E-state index contributed by atoms with van der Waals surface area (Å²) in [5.41, 5.74) is 0.454. The molecule has 0 spiro atoms. The molecule has 1 aliphatic carbocycles. The Labute approximate surface area is 117 Å². The Morgan fingerprint density at radius 1 is 1.32 bits per heavy atom. The average molecular weight is 264 g/mol. The summed E-state index contributed by atoms with van der Waals surface area (Å²) in [5, 5.41) is 15.6. The second kappa shape index (κ2) is 5.28. The third kappa shape index (κ3) is 2.71. The molecule has 0 bridgehead atoms. The fourth-order valence-electron chi connectivity index (χ4n) is 3.36. The number of rotatable bonds is 5. The second-order valence-electron chi connectivity index (χ2n) is 6.70. The predicted octanol–water partition coefficient (Wildman–Crippen LogP) is 3.73. The predicted molar refractivity (Wildman–Crippen MR) is 78.1 cm³/mol. The molecule has 1 aromatic heterocycles. The Kier molecular flexibility index (Phi) is 4.05. The minimum absolute atomic E-state index is 0.00565. The highest BCUT2D eigenvalue weighted by atomic mass is 16.3. The maximum absolute atomic E-state index is 10.9. The van der Waals surface area contributed by atoms with Crippen LogP contribution in [0, 0.1) is 5.41 Å². The van der Waals surface area contributed by atoms with Gasteiger partial charge in [-0.1, -0.05) is 27.7 Å². The van der Waals surface area contributed by atoms with Crippen LogP contribution < -0.4 is 0 Å². The summed E-state index contributed by atoms with van der Waals surface area (Å²) in [5.74, 6) is 0. The SMILES string of the molecule is CCC(CC)n1ccc(CC2(O)CCCC2(C)C)n1. The molecule has 3 nitrogen and oxygen atoms in total.